The molecular formula is C34H47F3N6O3. The van der Waals surface area contributed by atoms with Crippen LogP contribution in [-0.4, -0.2) is 77.0 Å². The quantitative estimate of drug-likeness (QED) is 0.317. The number of anilines is 2. The highest BCUT2D eigenvalue weighted by Gasteiger charge is 2.60. The first-order valence-corrected chi connectivity index (χ1v) is 16.5. The molecule has 1 unspecified atom stereocenters. The Kier molecular flexibility index (Phi) is 10.1. The summed E-state index contributed by atoms with van der Waals surface area (Å²) in [6.07, 6.45) is 3.70. The molecule has 1 aromatic heterocycles. The number of methoxy groups -OCH3 is 1. The van der Waals surface area contributed by atoms with Gasteiger partial charge in [-0.3, -0.25) is 9.59 Å². The van der Waals surface area contributed by atoms with E-state index >= 15 is 0 Å². The number of aromatic nitrogens is 2. The largest absolute Gasteiger partial charge is 0.495 e. The van der Waals surface area contributed by atoms with Crippen LogP contribution < -0.4 is 15.4 Å². The van der Waals surface area contributed by atoms with Crippen molar-refractivity contribution in [3.63, 3.8) is 0 Å². The van der Waals surface area contributed by atoms with Crippen LogP contribution in [-0.2, 0) is 17.4 Å². The van der Waals surface area contributed by atoms with Gasteiger partial charge >= 0.3 is 6.18 Å². The second-order valence-corrected chi connectivity index (χ2v) is 13.5. The molecule has 2 heterocycles. The van der Waals surface area contributed by atoms with Crippen LogP contribution in [0.1, 0.15) is 93.8 Å². The van der Waals surface area contributed by atoms with Gasteiger partial charge in [0.25, 0.3) is 5.91 Å². The number of benzene rings is 1. The SMILES string of the molecule is COc1cc(C(=O)NC2CCN(C(C)C)CC2)ccc1Nc1ncc(C(F)(F)F)c(CCC2C[C@@]23CCCC[C@H]3N(C)C(C)=O)n1. The molecule has 1 aromatic carbocycles. The fourth-order valence-corrected chi connectivity index (χ4v) is 7.65. The second kappa shape index (κ2) is 13.8. The molecule has 2 N–H and O–H groups in total. The summed E-state index contributed by atoms with van der Waals surface area (Å²) in [5, 5.41) is 6.12. The molecule has 3 aliphatic rings. The number of rotatable bonds is 10. The zero-order chi connectivity index (χ0) is 33.2. The Hall–Kier alpha value is -3.41. The second-order valence-electron chi connectivity index (χ2n) is 13.5. The summed E-state index contributed by atoms with van der Waals surface area (Å²) in [5.74, 6) is 0.439. The highest BCUT2D eigenvalue weighted by Crippen LogP contribution is 2.64. The number of amides is 2. The van der Waals surface area contributed by atoms with E-state index < -0.39 is 11.7 Å². The van der Waals surface area contributed by atoms with Crippen LogP contribution in [0, 0.1) is 11.3 Å². The molecule has 12 heteroatoms. The third-order valence-corrected chi connectivity index (χ3v) is 10.5. The van der Waals surface area contributed by atoms with Crippen molar-refractivity contribution in [2.24, 2.45) is 11.3 Å². The van der Waals surface area contributed by atoms with Crippen LogP contribution in [0.25, 0.3) is 0 Å². The first-order chi connectivity index (χ1) is 21.8. The Balaban J connectivity index is 1.27. The average molecular weight is 645 g/mol. The first-order valence-electron chi connectivity index (χ1n) is 16.5. The lowest BCUT2D eigenvalue weighted by molar-refractivity contribution is -0.138. The molecule has 252 valence electrons. The van der Waals surface area contributed by atoms with Gasteiger partial charge in [-0.1, -0.05) is 12.8 Å². The molecular weight excluding hydrogens is 597 g/mol. The van der Waals surface area contributed by atoms with Crippen molar-refractivity contribution >= 4 is 23.5 Å². The summed E-state index contributed by atoms with van der Waals surface area (Å²) in [4.78, 5) is 37.7. The van der Waals surface area contributed by atoms with E-state index in [1.54, 1.807) is 25.1 Å². The lowest BCUT2D eigenvalue weighted by Crippen LogP contribution is -2.46. The van der Waals surface area contributed by atoms with Crippen molar-refractivity contribution in [1.82, 2.24) is 25.1 Å². The number of carbonyl (C=O) groups excluding carboxylic acids is 2. The number of piperidine rings is 1. The predicted molar refractivity (Wildman–Crippen MR) is 170 cm³/mol. The minimum atomic E-state index is -4.59. The number of hydrogen-bond acceptors (Lipinski definition) is 7. The Morgan fingerprint density at radius 3 is 2.57 bits per heavy atom. The van der Waals surface area contributed by atoms with Crippen molar-refractivity contribution in [2.45, 2.75) is 103 Å². The van der Waals surface area contributed by atoms with Gasteiger partial charge in [-0.15, -0.1) is 0 Å². The predicted octanol–water partition coefficient (Wildman–Crippen LogP) is 6.21. The maximum Gasteiger partial charge on any atom is 0.419 e. The topological polar surface area (TPSA) is 99.7 Å². The zero-order valence-electron chi connectivity index (χ0n) is 27.5. The number of nitrogens with zero attached hydrogens (tertiary/aromatic N) is 4. The molecule has 1 aliphatic heterocycles. The summed E-state index contributed by atoms with van der Waals surface area (Å²) in [7, 11) is 3.31. The maximum absolute atomic E-state index is 14.0. The number of alkyl halides is 3. The number of ether oxygens (including phenoxy) is 1. The summed E-state index contributed by atoms with van der Waals surface area (Å²) in [5.41, 5.74) is -0.0475. The Morgan fingerprint density at radius 1 is 1.17 bits per heavy atom. The van der Waals surface area contributed by atoms with Crippen LogP contribution in [0.2, 0.25) is 0 Å². The van der Waals surface area contributed by atoms with Crippen LogP contribution in [0.5, 0.6) is 5.75 Å². The van der Waals surface area contributed by atoms with Crippen LogP contribution in [0.3, 0.4) is 0 Å². The van der Waals surface area contributed by atoms with E-state index in [2.05, 4.69) is 39.3 Å². The minimum absolute atomic E-state index is 0.0159. The van der Waals surface area contributed by atoms with Crippen molar-refractivity contribution in [3.05, 3.63) is 41.2 Å². The molecule has 2 aliphatic carbocycles. The van der Waals surface area contributed by atoms with E-state index in [1.807, 2.05) is 11.9 Å². The normalized spacial score (nSPS) is 23.8. The molecule has 2 saturated carbocycles. The maximum atomic E-state index is 14.0. The van der Waals surface area contributed by atoms with Gasteiger partial charge in [0.05, 0.1) is 24.1 Å². The number of aryl methyl sites for hydroxylation is 1. The fourth-order valence-electron chi connectivity index (χ4n) is 7.65. The first kappa shape index (κ1) is 33.9. The molecule has 3 fully saturated rings. The van der Waals surface area contributed by atoms with Gasteiger partial charge in [0.15, 0.2) is 0 Å². The molecule has 9 nitrogen and oxygen atoms in total. The van der Waals surface area contributed by atoms with Gasteiger partial charge in [0.1, 0.15) is 5.75 Å². The zero-order valence-corrected chi connectivity index (χ0v) is 27.5. The Labute approximate surface area is 269 Å². The summed E-state index contributed by atoms with van der Waals surface area (Å²) in [6, 6.07) is 5.61. The Bertz CT molecular complexity index is 1410. The van der Waals surface area contributed by atoms with Crippen molar-refractivity contribution in [1.29, 1.82) is 0 Å². The molecule has 5 rings (SSSR count). The third kappa shape index (κ3) is 7.42. The molecule has 1 saturated heterocycles. The van der Waals surface area contributed by atoms with E-state index in [-0.39, 0.29) is 53.3 Å². The van der Waals surface area contributed by atoms with Crippen molar-refractivity contribution in [3.8, 4) is 5.75 Å². The standard InChI is InChI=1S/C34H47F3N6O3/c1-21(2)43-16-13-25(14-17-43)39-31(45)23-9-11-28(29(18-23)46-5)41-32-38-20-26(34(35,36)37)27(40-32)12-10-24-19-33(24)15-7-6-8-30(33)42(4)22(3)44/h9,11,18,20-21,24-25,30H,6-8,10,12-17,19H2,1-5H3,(H,39,45)(H,38,40,41)/t24?,30-,33+/m1/s1. The minimum Gasteiger partial charge on any atom is -0.495 e. The average Bonchev–Trinajstić information content (AvgIpc) is 3.71. The number of hydrogen-bond donors (Lipinski definition) is 2. The lowest BCUT2D eigenvalue weighted by atomic mass is 9.78. The number of halogens is 3. The van der Waals surface area contributed by atoms with E-state index in [0.717, 1.165) is 64.2 Å². The van der Waals surface area contributed by atoms with E-state index in [9.17, 15) is 22.8 Å². The lowest BCUT2D eigenvalue weighted by Gasteiger charge is -2.39. The number of likely N-dealkylation sites (tertiary alicyclic amines) is 1. The van der Waals surface area contributed by atoms with Gasteiger partial charge < -0.3 is 25.2 Å². The summed E-state index contributed by atoms with van der Waals surface area (Å²) in [6.45, 7) is 7.78. The molecule has 0 radical (unpaired) electrons. The van der Waals surface area contributed by atoms with E-state index in [0.29, 0.717) is 29.5 Å². The van der Waals surface area contributed by atoms with Gasteiger partial charge in [0.2, 0.25) is 11.9 Å². The van der Waals surface area contributed by atoms with Crippen molar-refractivity contribution in [2.75, 3.05) is 32.6 Å². The molecule has 2 aromatic rings. The van der Waals surface area contributed by atoms with Gasteiger partial charge in [-0.2, -0.15) is 13.2 Å². The molecule has 2 amide bonds. The van der Waals surface area contributed by atoms with Gasteiger partial charge in [0, 0.05) is 56.9 Å². The monoisotopic (exact) mass is 644 g/mol. The smallest absolute Gasteiger partial charge is 0.419 e. The van der Waals surface area contributed by atoms with E-state index in [4.69, 9.17) is 4.74 Å². The summed E-state index contributed by atoms with van der Waals surface area (Å²) >= 11 is 0. The molecule has 0 bridgehead atoms. The fraction of sp³-hybridized carbons (Fsp3) is 0.647. The van der Waals surface area contributed by atoms with Gasteiger partial charge in [-0.05, 0) is 88.3 Å². The Morgan fingerprint density at radius 2 is 1.91 bits per heavy atom. The van der Waals surface area contributed by atoms with Gasteiger partial charge in [-0.25, -0.2) is 9.97 Å². The molecule has 46 heavy (non-hydrogen) atoms. The molecule has 3 atom stereocenters. The summed E-state index contributed by atoms with van der Waals surface area (Å²) < 4.78 is 47.6. The molecule has 1 spiro atoms. The van der Waals surface area contributed by atoms with Crippen LogP contribution in [0.4, 0.5) is 24.8 Å². The number of carbonyl (C=O) groups is 2. The van der Waals surface area contributed by atoms with Crippen LogP contribution >= 0.6 is 0 Å². The third-order valence-electron chi connectivity index (χ3n) is 10.5. The van der Waals surface area contributed by atoms with Crippen LogP contribution in [0.15, 0.2) is 24.4 Å². The highest BCUT2D eigenvalue weighted by molar-refractivity contribution is 5.95. The highest BCUT2D eigenvalue weighted by atomic mass is 19.4. The number of nitrogens with one attached hydrogen (secondary N) is 2. The van der Waals surface area contributed by atoms with Crippen molar-refractivity contribution < 1.29 is 27.5 Å². The van der Waals surface area contributed by atoms with E-state index in [1.165, 1.54) is 7.11 Å².